The first kappa shape index (κ1) is 20.4. The van der Waals surface area contributed by atoms with Gasteiger partial charge in [0, 0.05) is 24.5 Å². The van der Waals surface area contributed by atoms with Crippen molar-refractivity contribution in [1.29, 1.82) is 0 Å². The van der Waals surface area contributed by atoms with Crippen LogP contribution in [-0.4, -0.2) is 60.2 Å². The van der Waals surface area contributed by atoms with E-state index < -0.39 is 0 Å². The molecule has 1 aromatic carbocycles. The molecule has 2 aliphatic rings. The number of piperazine rings is 1. The fourth-order valence-electron chi connectivity index (χ4n) is 5.00. The molecule has 9 nitrogen and oxygen atoms in total. The number of hydrogen-bond donors (Lipinski definition) is 1. The minimum absolute atomic E-state index is 0.0534. The van der Waals surface area contributed by atoms with E-state index in [-0.39, 0.29) is 18.0 Å². The predicted octanol–water partition coefficient (Wildman–Crippen LogP) is 3.10. The molecule has 168 valence electrons. The Morgan fingerprint density at radius 3 is 2.56 bits per heavy atom. The quantitative estimate of drug-likeness (QED) is 0.664. The number of ether oxygens (including phenoxy) is 2. The number of fused-ring (bicyclic) bond motifs is 2. The van der Waals surface area contributed by atoms with Gasteiger partial charge >= 0.3 is 0 Å². The molecule has 1 saturated carbocycles. The summed E-state index contributed by atoms with van der Waals surface area (Å²) in [6.45, 7) is 1.21. The number of nitrogens with two attached hydrogens (primary N) is 1. The highest BCUT2D eigenvalue weighted by molar-refractivity contribution is 5.93. The second-order valence-electron chi connectivity index (χ2n) is 8.22. The molecule has 3 aromatic rings. The summed E-state index contributed by atoms with van der Waals surface area (Å²) >= 11 is 0. The van der Waals surface area contributed by atoms with Crippen LogP contribution in [0.4, 0.5) is 11.8 Å². The Hall–Kier alpha value is -3.49. The van der Waals surface area contributed by atoms with E-state index in [2.05, 4.69) is 9.88 Å². The lowest BCUT2D eigenvalue weighted by Gasteiger charge is -2.49. The molecule has 3 heterocycles. The van der Waals surface area contributed by atoms with Crippen molar-refractivity contribution in [2.24, 2.45) is 0 Å². The van der Waals surface area contributed by atoms with Crippen molar-refractivity contribution in [1.82, 2.24) is 14.9 Å². The minimum atomic E-state index is -0.0534. The Morgan fingerprint density at radius 2 is 1.84 bits per heavy atom. The number of aromatic nitrogens is 2. The molecule has 32 heavy (non-hydrogen) atoms. The minimum Gasteiger partial charge on any atom is -0.493 e. The summed E-state index contributed by atoms with van der Waals surface area (Å²) in [6.07, 6.45) is 5.65. The SMILES string of the molecule is COc1cc2nc(N3CCN(C(=O)c4ccco4)C4CCCC[C@@H]43)nc(N)c2cc1OC. The van der Waals surface area contributed by atoms with E-state index in [1.807, 2.05) is 11.0 Å². The number of anilines is 2. The Labute approximate surface area is 186 Å². The fourth-order valence-corrected chi connectivity index (χ4v) is 5.00. The molecule has 1 amide bonds. The van der Waals surface area contributed by atoms with Crippen LogP contribution in [0.25, 0.3) is 10.9 Å². The standard InChI is InChI=1S/C23H27N5O4/c1-30-19-12-14-15(13-20(19)31-2)25-23(26-21(14)24)28-10-9-27(16-6-3-4-7-17(16)28)22(29)18-8-5-11-32-18/h5,8,11-13,16-17H,3-4,6-7,9-10H2,1-2H3,(H2,24,25,26)/t16?,17-/m0/s1. The zero-order valence-corrected chi connectivity index (χ0v) is 18.3. The molecule has 1 aliphatic heterocycles. The first-order valence-electron chi connectivity index (χ1n) is 10.9. The van der Waals surface area contributed by atoms with Crippen molar-refractivity contribution in [3.63, 3.8) is 0 Å². The maximum Gasteiger partial charge on any atom is 0.289 e. The van der Waals surface area contributed by atoms with Crippen molar-refractivity contribution in [3.05, 3.63) is 36.3 Å². The number of methoxy groups -OCH3 is 2. The summed E-state index contributed by atoms with van der Waals surface area (Å²) in [7, 11) is 3.18. The third-order valence-corrected chi connectivity index (χ3v) is 6.54. The summed E-state index contributed by atoms with van der Waals surface area (Å²) < 4.78 is 16.2. The molecule has 2 aromatic heterocycles. The van der Waals surface area contributed by atoms with Gasteiger partial charge in [-0.15, -0.1) is 0 Å². The summed E-state index contributed by atoms with van der Waals surface area (Å²) in [4.78, 5) is 26.7. The number of furan rings is 1. The van der Waals surface area contributed by atoms with Crippen LogP contribution in [0.1, 0.15) is 36.2 Å². The third-order valence-electron chi connectivity index (χ3n) is 6.54. The van der Waals surface area contributed by atoms with E-state index in [0.29, 0.717) is 47.6 Å². The van der Waals surface area contributed by atoms with Gasteiger partial charge in [-0.25, -0.2) is 4.98 Å². The summed E-state index contributed by atoms with van der Waals surface area (Å²) in [5.41, 5.74) is 7.04. The van der Waals surface area contributed by atoms with Gasteiger partial charge in [-0.2, -0.15) is 4.98 Å². The number of rotatable bonds is 4. The topological polar surface area (TPSA) is 107 Å². The molecule has 2 N–H and O–H groups in total. The normalized spacial score (nSPS) is 20.8. The largest absolute Gasteiger partial charge is 0.493 e. The smallest absolute Gasteiger partial charge is 0.289 e. The lowest BCUT2D eigenvalue weighted by Crippen LogP contribution is -2.62. The molecule has 0 spiro atoms. The second-order valence-corrected chi connectivity index (χ2v) is 8.22. The number of amides is 1. The lowest BCUT2D eigenvalue weighted by atomic mass is 9.86. The third kappa shape index (κ3) is 3.37. The van der Waals surface area contributed by atoms with Crippen molar-refractivity contribution in [3.8, 4) is 11.5 Å². The van der Waals surface area contributed by atoms with Crippen LogP contribution >= 0.6 is 0 Å². The Bertz CT molecular complexity index is 1130. The maximum absolute atomic E-state index is 13.1. The highest BCUT2D eigenvalue weighted by Crippen LogP contribution is 2.37. The zero-order valence-electron chi connectivity index (χ0n) is 18.3. The van der Waals surface area contributed by atoms with Gasteiger partial charge in [-0.3, -0.25) is 4.79 Å². The van der Waals surface area contributed by atoms with Crippen LogP contribution in [-0.2, 0) is 0 Å². The summed E-state index contributed by atoms with van der Waals surface area (Å²) in [6, 6.07) is 7.31. The van der Waals surface area contributed by atoms with Crippen LogP contribution in [0, 0.1) is 0 Å². The Morgan fingerprint density at radius 1 is 1.09 bits per heavy atom. The summed E-state index contributed by atoms with van der Waals surface area (Å²) in [5.74, 6) is 2.49. The number of carbonyl (C=O) groups is 1. The van der Waals surface area contributed by atoms with Crippen LogP contribution in [0.3, 0.4) is 0 Å². The maximum atomic E-state index is 13.1. The van der Waals surface area contributed by atoms with Crippen molar-refractivity contribution in [2.75, 3.05) is 37.9 Å². The molecular formula is C23H27N5O4. The average Bonchev–Trinajstić information content (AvgIpc) is 3.37. The second kappa shape index (κ2) is 8.22. The molecule has 1 aliphatic carbocycles. The Kier molecular flexibility index (Phi) is 5.24. The number of nitrogen functional groups attached to an aromatic ring is 1. The summed E-state index contributed by atoms with van der Waals surface area (Å²) in [5, 5.41) is 0.721. The number of nitrogens with zero attached hydrogens (tertiary/aromatic N) is 4. The van der Waals surface area contributed by atoms with Gasteiger partial charge in [0.25, 0.3) is 5.91 Å². The van der Waals surface area contributed by atoms with Gasteiger partial charge in [-0.05, 0) is 31.0 Å². The number of carbonyl (C=O) groups excluding carboxylic acids is 1. The monoisotopic (exact) mass is 437 g/mol. The number of benzene rings is 1. The average molecular weight is 438 g/mol. The lowest BCUT2D eigenvalue weighted by molar-refractivity contribution is 0.0508. The zero-order chi connectivity index (χ0) is 22.2. The van der Waals surface area contributed by atoms with Gasteiger partial charge < -0.3 is 29.4 Å². The number of hydrogen-bond acceptors (Lipinski definition) is 8. The van der Waals surface area contributed by atoms with Crippen LogP contribution < -0.4 is 20.1 Å². The molecule has 1 saturated heterocycles. The van der Waals surface area contributed by atoms with Crippen molar-refractivity contribution in [2.45, 2.75) is 37.8 Å². The van der Waals surface area contributed by atoms with E-state index in [0.717, 1.165) is 31.1 Å². The molecular weight excluding hydrogens is 410 g/mol. The van der Waals surface area contributed by atoms with Gasteiger partial charge in [0.1, 0.15) is 5.82 Å². The van der Waals surface area contributed by atoms with E-state index in [1.165, 1.54) is 6.26 Å². The molecule has 9 heteroatoms. The molecule has 0 radical (unpaired) electrons. The first-order valence-corrected chi connectivity index (χ1v) is 10.9. The van der Waals surface area contributed by atoms with Crippen LogP contribution in [0.15, 0.2) is 34.9 Å². The van der Waals surface area contributed by atoms with Crippen LogP contribution in [0.5, 0.6) is 11.5 Å². The molecule has 5 rings (SSSR count). The highest BCUT2D eigenvalue weighted by atomic mass is 16.5. The van der Waals surface area contributed by atoms with Gasteiger partial charge in [0.15, 0.2) is 17.3 Å². The molecule has 2 fully saturated rings. The van der Waals surface area contributed by atoms with Gasteiger partial charge in [0.2, 0.25) is 5.95 Å². The molecule has 1 unspecified atom stereocenters. The first-order chi connectivity index (χ1) is 15.6. The van der Waals surface area contributed by atoms with E-state index in [1.54, 1.807) is 32.4 Å². The van der Waals surface area contributed by atoms with Crippen molar-refractivity contribution >= 4 is 28.6 Å². The van der Waals surface area contributed by atoms with Crippen molar-refractivity contribution < 1.29 is 18.7 Å². The van der Waals surface area contributed by atoms with Crippen LogP contribution in [0.2, 0.25) is 0 Å². The van der Waals surface area contributed by atoms with E-state index >= 15 is 0 Å². The van der Waals surface area contributed by atoms with Gasteiger partial charge in [0.05, 0.1) is 38.1 Å². The predicted molar refractivity (Wildman–Crippen MR) is 120 cm³/mol. The fraction of sp³-hybridized carbons (Fsp3) is 0.435. The Balaban J connectivity index is 1.50. The highest BCUT2D eigenvalue weighted by Gasteiger charge is 2.42. The van der Waals surface area contributed by atoms with Gasteiger partial charge in [-0.1, -0.05) is 12.8 Å². The molecule has 2 atom stereocenters. The van der Waals surface area contributed by atoms with E-state index in [9.17, 15) is 4.79 Å². The molecule has 0 bridgehead atoms. The van der Waals surface area contributed by atoms with E-state index in [4.69, 9.17) is 24.6 Å².